The first-order valence-corrected chi connectivity index (χ1v) is 7.17. The van der Waals surface area contributed by atoms with Crippen molar-refractivity contribution in [2.45, 2.75) is 13.8 Å². The lowest BCUT2D eigenvalue weighted by atomic mass is 10.1. The Morgan fingerprint density at radius 2 is 2.14 bits per heavy atom. The van der Waals surface area contributed by atoms with Gasteiger partial charge in [0.05, 0.1) is 12.8 Å². The summed E-state index contributed by atoms with van der Waals surface area (Å²) in [4.78, 5) is 12.3. The highest BCUT2D eigenvalue weighted by Gasteiger charge is 2.18. The van der Waals surface area contributed by atoms with Crippen LogP contribution in [0.5, 0.6) is 5.75 Å². The molecule has 0 saturated carbocycles. The van der Waals surface area contributed by atoms with Crippen LogP contribution in [0.15, 0.2) is 28.7 Å². The second-order valence-electron chi connectivity index (χ2n) is 4.70. The molecule has 3 aromatic rings. The van der Waals surface area contributed by atoms with Gasteiger partial charge in [0.1, 0.15) is 16.3 Å². The average molecular weight is 302 g/mol. The third kappa shape index (κ3) is 2.50. The predicted molar refractivity (Wildman–Crippen MR) is 82.3 cm³/mol. The van der Waals surface area contributed by atoms with E-state index in [2.05, 4.69) is 9.69 Å². The molecule has 0 unspecified atom stereocenters. The monoisotopic (exact) mass is 302 g/mol. The van der Waals surface area contributed by atoms with Crippen LogP contribution < -0.4 is 10.1 Å². The zero-order chi connectivity index (χ0) is 15.0. The molecule has 0 fully saturated rings. The second-order valence-corrected chi connectivity index (χ2v) is 5.51. The number of rotatable bonds is 3. The predicted octanol–water partition coefficient (Wildman–Crippen LogP) is 3.77. The van der Waals surface area contributed by atoms with Gasteiger partial charge in [-0.1, -0.05) is 0 Å². The van der Waals surface area contributed by atoms with E-state index in [9.17, 15) is 4.79 Å². The van der Waals surface area contributed by atoms with E-state index >= 15 is 0 Å². The smallest absolute Gasteiger partial charge is 0.292 e. The maximum Gasteiger partial charge on any atom is 0.292 e. The van der Waals surface area contributed by atoms with E-state index in [0.29, 0.717) is 22.1 Å². The van der Waals surface area contributed by atoms with Gasteiger partial charge in [0.15, 0.2) is 5.76 Å². The number of methoxy groups -OCH3 is 1. The molecule has 0 aliphatic heterocycles. The van der Waals surface area contributed by atoms with Crippen molar-refractivity contribution >= 4 is 33.4 Å². The van der Waals surface area contributed by atoms with Gasteiger partial charge in [-0.05, 0) is 43.6 Å². The molecule has 6 heteroatoms. The first-order chi connectivity index (χ1) is 10.1. The largest absolute Gasteiger partial charge is 0.497 e. The number of carbonyl (C=O) groups is 1. The summed E-state index contributed by atoms with van der Waals surface area (Å²) in [5, 5.41) is 4.41. The Labute approximate surface area is 125 Å². The van der Waals surface area contributed by atoms with Gasteiger partial charge < -0.3 is 14.5 Å². The van der Waals surface area contributed by atoms with Gasteiger partial charge in [0.2, 0.25) is 0 Å². The number of nitrogens with zero attached hydrogens (tertiary/aromatic N) is 1. The Balaban J connectivity index is 1.96. The Hall–Kier alpha value is -2.34. The zero-order valence-electron chi connectivity index (χ0n) is 11.9. The van der Waals surface area contributed by atoms with Crippen LogP contribution in [0.1, 0.15) is 21.8 Å². The number of benzene rings is 1. The van der Waals surface area contributed by atoms with Gasteiger partial charge in [-0.2, -0.15) is 4.37 Å². The fraction of sp³-hybridized carbons (Fsp3) is 0.200. The van der Waals surface area contributed by atoms with Crippen molar-refractivity contribution in [3.63, 3.8) is 0 Å². The summed E-state index contributed by atoms with van der Waals surface area (Å²) >= 11 is 1.25. The van der Waals surface area contributed by atoms with E-state index in [0.717, 1.165) is 16.6 Å². The number of aromatic nitrogens is 1. The Morgan fingerprint density at radius 1 is 1.33 bits per heavy atom. The fourth-order valence-electron chi connectivity index (χ4n) is 2.14. The van der Waals surface area contributed by atoms with E-state index < -0.39 is 0 Å². The van der Waals surface area contributed by atoms with Gasteiger partial charge in [0.25, 0.3) is 5.91 Å². The number of carbonyl (C=O) groups excluding carboxylic acids is 1. The highest BCUT2D eigenvalue weighted by atomic mass is 32.1. The molecule has 0 radical (unpaired) electrons. The maximum absolute atomic E-state index is 12.3. The van der Waals surface area contributed by atoms with Crippen LogP contribution in [0, 0.1) is 13.8 Å². The number of anilines is 1. The number of nitrogens with one attached hydrogen (secondary N) is 1. The maximum atomic E-state index is 12.3. The van der Waals surface area contributed by atoms with Crippen molar-refractivity contribution in [1.82, 2.24) is 4.37 Å². The number of ether oxygens (including phenoxy) is 1. The quantitative estimate of drug-likeness (QED) is 0.800. The van der Waals surface area contributed by atoms with Crippen LogP contribution in [0.2, 0.25) is 0 Å². The van der Waals surface area contributed by atoms with Gasteiger partial charge in [-0.3, -0.25) is 4.79 Å². The van der Waals surface area contributed by atoms with Crippen molar-refractivity contribution in [2.75, 3.05) is 12.4 Å². The summed E-state index contributed by atoms with van der Waals surface area (Å²) in [5.74, 6) is 0.733. The van der Waals surface area contributed by atoms with E-state index in [1.165, 1.54) is 11.5 Å². The van der Waals surface area contributed by atoms with Crippen LogP contribution in [0.25, 0.3) is 11.0 Å². The van der Waals surface area contributed by atoms with Crippen LogP contribution >= 0.6 is 11.5 Å². The Morgan fingerprint density at radius 3 is 2.81 bits per heavy atom. The van der Waals surface area contributed by atoms with Gasteiger partial charge in [-0.15, -0.1) is 0 Å². The molecule has 0 bridgehead atoms. The molecule has 2 aromatic heterocycles. The van der Waals surface area contributed by atoms with Crippen LogP contribution in [-0.2, 0) is 0 Å². The van der Waals surface area contributed by atoms with E-state index in [1.54, 1.807) is 13.2 Å². The lowest BCUT2D eigenvalue weighted by molar-refractivity contribution is 0.0998. The molecule has 2 heterocycles. The molecule has 5 nitrogen and oxygen atoms in total. The minimum absolute atomic E-state index is 0.272. The normalized spacial score (nSPS) is 10.8. The summed E-state index contributed by atoms with van der Waals surface area (Å²) in [6, 6.07) is 7.33. The van der Waals surface area contributed by atoms with Crippen molar-refractivity contribution < 1.29 is 13.9 Å². The lowest BCUT2D eigenvalue weighted by Gasteiger charge is -1.99. The van der Waals surface area contributed by atoms with E-state index in [-0.39, 0.29) is 5.91 Å². The fourth-order valence-corrected chi connectivity index (χ4v) is 2.80. The van der Waals surface area contributed by atoms with Crippen LogP contribution in [0.4, 0.5) is 5.00 Å². The number of fused-ring (bicyclic) bond motifs is 1. The summed E-state index contributed by atoms with van der Waals surface area (Å²) in [5.41, 5.74) is 2.32. The van der Waals surface area contributed by atoms with E-state index in [1.807, 2.05) is 32.0 Å². The molecule has 0 atom stereocenters. The Bertz CT molecular complexity index is 820. The highest BCUT2D eigenvalue weighted by molar-refractivity contribution is 7.10. The molecule has 1 amide bonds. The topological polar surface area (TPSA) is 64.4 Å². The van der Waals surface area contributed by atoms with Crippen molar-refractivity contribution in [3.05, 3.63) is 41.3 Å². The van der Waals surface area contributed by atoms with Crippen molar-refractivity contribution in [1.29, 1.82) is 0 Å². The standard InChI is InChI=1S/C15H14N2O3S/c1-8-6-13(21-17-8)16-15(18)14-9(2)11-5-4-10(19-3)7-12(11)20-14/h4-7H,1-3H3,(H,16,18). The molecule has 1 N–H and O–H groups in total. The lowest BCUT2D eigenvalue weighted by Crippen LogP contribution is -2.10. The molecule has 0 saturated heterocycles. The number of amides is 1. The number of hydrogen-bond acceptors (Lipinski definition) is 5. The number of aryl methyl sites for hydroxylation is 2. The molecular weight excluding hydrogens is 288 g/mol. The van der Waals surface area contributed by atoms with Gasteiger partial charge in [-0.25, -0.2) is 0 Å². The molecule has 0 aliphatic carbocycles. The molecule has 3 rings (SSSR count). The SMILES string of the molecule is COc1ccc2c(C)c(C(=O)Nc3cc(C)ns3)oc2c1. The van der Waals surface area contributed by atoms with Crippen molar-refractivity contribution in [2.24, 2.45) is 0 Å². The minimum Gasteiger partial charge on any atom is -0.497 e. The van der Waals surface area contributed by atoms with Gasteiger partial charge in [0, 0.05) is 17.0 Å². The van der Waals surface area contributed by atoms with Gasteiger partial charge >= 0.3 is 0 Å². The van der Waals surface area contributed by atoms with E-state index in [4.69, 9.17) is 9.15 Å². The third-order valence-electron chi connectivity index (χ3n) is 3.22. The Kier molecular flexibility index (Phi) is 3.39. The van der Waals surface area contributed by atoms with Crippen molar-refractivity contribution in [3.8, 4) is 5.75 Å². The first-order valence-electron chi connectivity index (χ1n) is 6.40. The molecular formula is C15H14N2O3S. The molecule has 0 spiro atoms. The number of hydrogen-bond donors (Lipinski definition) is 1. The highest BCUT2D eigenvalue weighted by Crippen LogP contribution is 2.29. The third-order valence-corrected chi connectivity index (χ3v) is 4.01. The number of furan rings is 1. The molecule has 21 heavy (non-hydrogen) atoms. The molecule has 108 valence electrons. The first kappa shape index (κ1) is 13.6. The summed E-state index contributed by atoms with van der Waals surface area (Å²) in [6.45, 7) is 3.75. The summed E-state index contributed by atoms with van der Waals surface area (Å²) < 4.78 is 15.0. The summed E-state index contributed by atoms with van der Waals surface area (Å²) in [7, 11) is 1.59. The molecule has 0 aliphatic rings. The average Bonchev–Trinajstić information content (AvgIpc) is 3.02. The second kappa shape index (κ2) is 5.21. The van der Waals surface area contributed by atoms with Crippen LogP contribution in [-0.4, -0.2) is 17.4 Å². The zero-order valence-corrected chi connectivity index (χ0v) is 12.7. The van der Waals surface area contributed by atoms with Crippen LogP contribution in [0.3, 0.4) is 0 Å². The minimum atomic E-state index is -0.272. The summed E-state index contributed by atoms with van der Waals surface area (Å²) in [6.07, 6.45) is 0. The molecule has 1 aromatic carbocycles.